The fourth-order valence-corrected chi connectivity index (χ4v) is 6.79. The Morgan fingerprint density at radius 2 is 1.71 bits per heavy atom. The van der Waals surface area contributed by atoms with Gasteiger partial charge in [-0.2, -0.15) is 21.4 Å². The molecule has 0 amide bonds. The van der Waals surface area contributed by atoms with Crippen LogP contribution in [0.3, 0.4) is 0 Å². The van der Waals surface area contributed by atoms with Crippen LogP contribution in [-0.4, -0.2) is 86.2 Å². The molecule has 9 heteroatoms. The van der Waals surface area contributed by atoms with Crippen LogP contribution in [-0.2, 0) is 10.2 Å². The third-order valence-electron chi connectivity index (χ3n) is 7.04. The Hall–Kier alpha value is -1.26. The number of aromatic nitrogens is 1. The molecule has 0 bridgehead atoms. The fourth-order valence-electron chi connectivity index (χ4n) is 4.89. The average molecular weight is 466 g/mol. The van der Waals surface area contributed by atoms with E-state index in [-0.39, 0.29) is 6.04 Å². The SMILES string of the molecule is CN(C)S(=O)(=O)N(C)C1CCC(CCN2CCN(c3nsc4ccccc34)CC2)CC1. The molecule has 1 saturated carbocycles. The van der Waals surface area contributed by atoms with Crippen LogP contribution in [0.2, 0.25) is 0 Å². The fraction of sp³-hybridized carbons (Fsp3) is 0.682. The first kappa shape index (κ1) is 22.9. The number of nitrogens with zero attached hydrogens (tertiary/aromatic N) is 5. The van der Waals surface area contributed by atoms with Crippen LogP contribution < -0.4 is 4.90 Å². The lowest BCUT2D eigenvalue weighted by atomic mass is 9.84. The van der Waals surface area contributed by atoms with Gasteiger partial charge in [0.15, 0.2) is 0 Å². The number of hydrogen-bond donors (Lipinski definition) is 0. The van der Waals surface area contributed by atoms with Crippen molar-refractivity contribution in [3.8, 4) is 0 Å². The molecule has 4 rings (SSSR count). The van der Waals surface area contributed by atoms with E-state index in [0.29, 0.717) is 5.92 Å². The van der Waals surface area contributed by atoms with Gasteiger partial charge < -0.3 is 4.90 Å². The van der Waals surface area contributed by atoms with Gasteiger partial charge in [-0.3, -0.25) is 4.90 Å². The van der Waals surface area contributed by atoms with Crippen molar-refractivity contribution in [1.29, 1.82) is 0 Å². The number of anilines is 1. The van der Waals surface area contributed by atoms with Crippen molar-refractivity contribution in [3.63, 3.8) is 0 Å². The molecule has 2 fully saturated rings. The quantitative estimate of drug-likeness (QED) is 0.629. The van der Waals surface area contributed by atoms with E-state index in [1.165, 1.54) is 20.8 Å². The lowest BCUT2D eigenvalue weighted by Gasteiger charge is -2.37. The summed E-state index contributed by atoms with van der Waals surface area (Å²) in [5.74, 6) is 1.86. The molecule has 1 aromatic heterocycles. The Bertz CT molecular complexity index is 961. The van der Waals surface area contributed by atoms with E-state index in [1.807, 2.05) is 0 Å². The van der Waals surface area contributed by atoms with Crippen molar-refractivity contribution in [2.75, 3.05) is 58.8 Å². The van der Waals surface area contributed by atoms with Crippen molar-refractivity contribution in [1.82, 2.24) is 17.9 Å². The molecule has 0 spiro atoms. The number of piperazine rings is 1. The van der Waals surface area contributed by atoms with Crippen molar-refractivity contribution >= 4 is 37.6 Å². The van der Waals surface area contributed by atoms with Gasteiger partial charge in [-0.1, -0.05) is 12.1 Å². The molecule has 1 saturated heterocycles. The largest absolute Gasteiger partial charge is 0.353 e. The Morgan fingerprint density at radius 3 is 2.39 bits per heavy atom. The molecular weight excluding hydrogens is 430 g/mol. The van der Waals surface area contributed by atoms with Gasteiger partial charge in [0.1, 0.15) is 5.82 Å². The molecule has 2 aliphatic rings. The van der Waals surface area contributed by atoms with Crippen molar-refractivity contribution < 1.29 is 8.42 Å². The highest BCUT2D eigenvalue weighted by Gasteiger charge is 2.32. The standard InChI is InChI=1S/C22H35N5O2S2/c1-24(2)31(28,29)25(3)19-10-8-18(9-11-19)12-13-26-14-16-27(17-15-26)22-20-6-4-5-7-21(20)30-23-22/h4-7,18-19H,8-17H2,1-3H3. The molecule has 0 unspecified atom stereocenters. The predicted octanol–water partition coefficient (Wildman–Crippen LogP) is 3.11. The minimum Gasteiger partial charge on any atom is -0.353 e. The van der Waals surface area contributed by atoms with Gasteiger partial charge in [0, 0.05) is 58.8 Å². The van der Waals surface area contributed by atoms with Gasteiger partial charge in [0.05, 0.1) is 4.70 Å². The van der Waals surface area contributed by atoms with Gasteiger partial charge in [-0.15, -0.1) is 0 Å². The third-order valence-corrected chi connectivity index (χ3v) is 9.81. The molecule has 1 aliphatic heterocycles. The van der Waals surface area contributed by atoms with Crippen molar-refractivity contribution in [2.45, 2.75) is 38.1 Å². The molecule has 2 aromatic rings. The Kier molecular flexibility index (Phi) is 7.17. The third kappa shape index (κ3) is 5.06. The second-order valence-electron chi connectivity index (χ2n) is 9.10. The molecule has 1 aliphatic carbocycles. The van der Waals surface area contributed by atoms with Gasteiger partial charge in [-0.25, -0.2) is 0 Å². The Morgan fingerprint density at radius 1 is 1.03 bits per heavy atom. The summed E-state index contributed by atoms with van der Waals surface area (Å²) in [5.41, 5.74) is 0. The van der Waals surface area contributed by atoms with E-state index < -0.39 is 10.2 Å². The van der Waals surface area contributed by atoms with Crippen LogP contribution in [0.4, 0.5) is 5.82 Å². The predicted molar refractivity (Wildman–Crippen MR) is 129 cm³/mol. The topological polar surface area (TPSA) is 60.0 Å². The van der Waals surface area contributed by atoms with Crippen molar-refractivity contribution in [3.05, 3.63) is 24.3 Å². The number of rotatable bonds is 7. The Labute approximate surface area is 191 Å². The summed E-state index contributed by atoms with van der Waals surface area (Å²) in [6.45, 7) is 5.39. The second kappa shape index (κ2) is 9.70. The normalized spacial score (nSPS) is 23.8. The van der Waals surface area contributed by atoms with Crippen LogP contribution in [0.5, 0.6) is 0 Å². The maximum absolute atomic E-state index is 12.4. The molecular formula is C22H35N5O2S2. The monoisotopic (exact) mass is 465 g/mol. The second-order valence-corrected chi connectivity index (χ2v) is 12.1. The zero-order valence-corrected chi connectivity index (χ0v) is 20.5. The lowest BCUT2D eigenvalue weighted by Crippen LogP contribution is -2.47. The summed E-state index contributed by atoms with van der Waals surface area (Å²) < 4.78 is 33.6. The molecule has 0 N–H and O–H groups in total. The zero-order chi connectivity index (χ0) is 22.0. The maximum atomic E-state index is 12.4. The van der Waals surface area contributed by atoms with Crippen molar-refractivity contribution in [2.24, 2.45) is 5.92 Å². The van der Waals surface area contributed by atoms with Crippen LogP contribution in [0.1, 0.15) is 32.1 Å². The summed E-state index contributed by atoms with van der Waals surface area (Å²) in [6.07, 6.45) is 5.42. The highest BCUT2D eigenvalue weighted by molar-refractivity contribution is 7.86. The molecule has 172 valence electrons. The van der Waals surface area contributed by atoms with E-state index in [4.69, 9.17) is 4.37 Å². The van der Waals surface area contributed by atoms with Crippen LogP contribution >= 0.6 is 11.5 Å². The van der Waals surface area contributed by atoms with Crippen LogP contribution in [0.15, 0.2) is 24.3 Å². The number of fused-ring (bicyclic) bond motifs is 1. The van der Waals surface area contributed by atoms with Gasteiger partial charge in [0.25, 0.3) is 10.2 Å². The molecule has 31 heavy (non-hydrogen) atoms. The average Bonchev–Trinajstić information content (AvgIpc) is 3.22. The summed E-state index contributed by atoms with van der Waals surface area (Å²) in [5, 5.41) is 1.28. The van der Waals surface area contributed by atoms with E-state index in [2.05, 4.69) is 34.1 Å². The van der Waals surface area contributed by atoms with Gasteiger partial charge in [0.2, 0.25) is 0 Å². The van der Waals surface area contributed by atoms with Crippen LogP contribution in [0.25, 0.3) is 10.1 Å². The van der Waals surface area contributed by atoms with Gasteiger partial charge in [-0.05, 0) is 68.2 Å². The van der Waals surface area contributed by atoms with Gasteiger partial charge >= 0.3 is 0 Å². The zero-order valence-electron chi connectivity index (χ0n) is 18.9. The number of hydrogen-bond acceptors (Lipinski definition) is 6. The van der Waals surface area contributed by atoms with E-state index in [1.54, 1.807) is 37.0 Å². The summed E-state index contributed by atoms with van der Waals surface area (Å²) in [6, 6.07) is 8.64. The van der Waals surface area contributed by atoms with Crippen LogP contribution in [0, 0.1) is 5.92 Å². The first-order valence-corrected chi connectivity index (χ1v) is 13.5. The smallest absolute Gasteiger partial charge is 0.281 e. The first-order valence-electron chi connectivity index (χ1n) is 11.3. The molecule has 0 radical (unpaired) electrons. The minimum atomic E-state index is -3.31. The minimum absolute atomic E-state index is 0.139. The summed E-state index contributed by atoms with van der Waals surface area (Å²) in [4.78, 5) is 5.02. The molecule has 7 nitrogen and oxygen atoms in total. The maximum Gasteiger partial charge on any atom is 0.281 e. The van der Waals surface area contributed by atoms with E-state index in [0.717, 1.165) is 64.2 Å². The lowest BCUT2D eigenvalue weighted by molar-refractivity contribution is 0.191. The number of benzene rings is 1. The molecule has 2 heterocycles. The van der Waals surface area contributed by atoms with E-state index >= 15 is 0 Å². The highest BCUT2D eigenvalue weighted by atomic mass is 32.2. The van der Waals surface area contributed by atoms with E-state index in [9.17, 15) is 8.42 Å². The Balaban J connectivity index is 1.20. The first-order chi connectivity index (χ1) is 14.9. The molecule has 0 atom stereocenters. The highest BCUT2D eigenvalue weighted by Crippen LogP contribution is 2.32. The molecule has 1 aromatic carbocycles. The summed E-state index contributed by atoms with van der Waals surface area (Å²) >= 11 is 1.59. The summed E-state index contributed by atoms with van der Waals surface area (Å²) in [7, 11) is 1.63.